The zero-order valence-corrected chi connectivity index (χ0v) is 15.0. The molecule has 10 nitrogen and oxygen atoms in total. The first kappa shape index (κ1) is 20.0. The summed E-state index contributed by atoms with van der Waals surface area (Å²) < 4.78 is 15.0. The average molecular weight is 379 g/mol. The zero-order valence-electron chi connectivity index (χ0n) is 15.0. The molecule has 2 heterocycles. The lowest BCUT2D eigenvalue weighted by atomic mass is 10.0. The van der Waals surface area contributed by atoms with Gasteiger partial charge < -0.3 is 29.8 Å². The summed E-state index contributed by atoms with van der Waals surface area (Å²) in [6.45, 7) is 2.88. The van der Waals surface area contributed by atoms with Gasteiger partial charge in [-0.3, -0.25) is 9.59 Å². The first-order valence-corrected chi connectivity index (χ1v) is 8.41. The molecule has 27 heavy (non-hydrogen) atoms. The van der Waals surface area contributed by atoms with Gasteiger partial charge in [-0.1, -0.05) is 6.92 Å². The van der Waals surface area contributed by atoms with Gasteiger partial charge in [-0.05, 0) is 25.5 Å². The molecule has 2 rings (SSSR count). The van der Waals surface area contributed by atoms with Crippen LogP contribution in [-0.4, -0.2) is 49.7 Å². The lowest BCUT2D eigenvalue weighted by molar-refractivity contribution is -0.142. The Labute approximate surface area is 155 Å². The van der Waals surface area contributed by atoms with E-state index in [2.05, 4.69) is 16.0 Å². The van der Waals surface area contributed by atoms with Crippen LogP contribution in [0.1, 0.15) is 30.8 Å². The molecule has 10 heteroatoms. The quantitative estimate of drug-likeness (QED) is 0.558. The highest BCUT2D eigenvalue weighted by molar-refractivity contribution is 5.95. The Hall–Kier alpha value is -3.30. The number of amides is 3. The predicted molar refractivity (Wildman–Crippen MR) is 91.4 cm³/mol. The lowest BCUT2D eigenvalue weighted by Crippen LogP contribution is -2.51. The smallest absolute Gasteiger partial charge is 0.338 e. The van der Waals surface area contributed by atoms with E-state index in [9.17, 15) is 19.2 Å². The van der Waals surface area contributed by atoms with Crippen LogP contribution >= 0.6 is 0 Å². The molecule has 1 aliphatic heterocycles. The highest BCUT2D eigenvalue weighted by Gasteiger charge is 2.32. The van der Waals surface area contributed by atoms with Gasteiger partial charge in [-0.25, -0.2) is 9.59 Å². The van der Waals surface area contributed by atoms with Crippen LogP contribution in [0.4, 0.5) is 4.79 Å². The first-order chi connectivity index (χ1) is 13.0. The molecule has 0 aromatic carbocycles. The first-order valence-electron chi connectivity index (χ1n) is 8.41. The molecule has 0 fully saturated rings. The fourth-order valence-electron chi connectivity index (χ4n) is 2.43. The summed E-state index contributed by atoms with van der Waals surface area (Å²) >= 11 is 0. The largest absolute Gasteiger partial charge is 0.463 e. The van der Waals surface area contributed by atoms with Gasteiger partial charge >= 0.3 is 18.0 Å². The molecule has 146 valence electrons. The van der Waals surface area contributed by atoms with E-state index in [1.165, 1.54) is 12.3 Å². The number of ether oxygens (including phenoxy) is 2. The molecule has 1 aliphatic rings. The average Bonchev–Trinajstić information content (AvgIpc) is 3.18. The fraction of sp³-hybridized carbons (Fsp3) is 0.412. The molecule has 0 saturated heterocycles. The molecule has 1 aromatic heterocycles. The number of hydrogen-bond acceptors (Lipinski definition) is 7. The van der Waals surface area contributed by atoms with E-state index in [0.717, 1.165) is 0 Å². The SMILES string of the molecule is CCOC(=O)C1=C(COC(=O)CNC(=O)c2ccco2)NC(=O)N[C@@H]1CC. The normalized spacial score (nSPS) is 16.2. The van der Waals surface area contributed by atoms with Crippen LogP contribution in [0.5, 0.6) is 0 Å². The van der Waals surface area contributed by atoms with Crippen molar-refractivity contribution in [3.05, 3.63) is 35.4 Å². The number of rotatable bonds is 8. The number of carbonyl (C=O) groups excluding carboxylic acids is 4. The van der Waals surface area contributed by atoms with Crippen molar-refractivity contribution >= 4 is 23.9 Å². The van der Waals surface area contributed by atoms with Gasteiger partial charge in [-0.15, -0.1) is 0 Å². The monoisotopic (exact) mass is 379 g/mol. The Morgan fingerprint density at radius 3 is 2.67 bits per heavy atom. The third-order valence-corrected chi connectivity index (χ3v) is 3.66. The van der Waals surface area contributed by atoms with Crippen molar-refractivity contribution in [1.29, 1.82) is 0 Å². The number of nitrogens with one attached hydrogen (secondary N) is 3. The highest BCUT2D eigenvalue weighted by Crippen LogP contribution is 2.17. The Morgan fingerprint density at radius 2 is 2.04 bits per heavy atom. The number of esters is 2. The minimum atomic E-state index is -0.744. The Kier molecular flexibility index (Phi) is 6.98. The van der Waals surface area contributed by atoms with Crippen LogP contribution in [0, 0.1) is 0 Å². The van der Waals surface area contributed by atoms with E-state index in [1.54, 1.807) is 19.9 Å². The topological polar surface area (TPSA) is 136 Å². The molecule has 0 bridgehead atoms. The Balaban J connectivity index is 1.98. The van der Waals surface area contributed by atoms with E-state index < -0.39 is 36.5 Å². The number of urea groups is 1. The fourth-order valence-corrected chi connectivity index (χ4v) is 2.43. The number of furan rings is 1. The second kappa shape index (κ2) is 9.41. The molecule has 3 amide bonds. The van der Waals surface area contributed by atoms with Crippen LogP contribution in [0.3, 0.4) is 0 Å². The van der Waals surface area contributed by atoms with Gasteiger partial charge in [0.2, 0.25) is 0 Å². The number of hydrogen-bond donors (Lipinski definition) is 3. The zero-order chi connectivity index (χ0) is 19.8. The Bertz CT molecular complexity index is 740. The van der Waals surface area contributed by atoms with Crippen molar-refractivity contribution < 1.29 is 33.1 Å². The summed E-state index contributed by atoms with van der Waals surface area (Å²) in [5.74, 6) is -1.85. The van der Waals surface area contributed by atoms with Crippen molar-refractivity contribution in [3.63, 3.8) is 0 Å². The summed E-state index contributed by atoms with van der Waals surface area (Å²) in [5.41, 5.74) is 0.348. The van der Waals surface area contributed by atoms with Crippen LogP contribution in [0.2, 0.25) is 0 Å². The molecule has 1 aromatic rings. The maximum atomic E-state index is 12.2. The molecule has 0 unspecified atom stereocenters. The molecular formula is C17H21N3O7. The molecule has 0 aliphatic carbocycles. The molecule has 0 spiro atoms. The van der Waals surface area contributed by atoms with Gasteiger partial charge in [0.1, 0.15) is 13.2 Å². The van der Waals surface area contributed by atoms with Crippen molar-refractivity contribution in [2.24, 2.45) is 0 Å². The second-order valence-corrected chi connectivity index (χ2v) is 5.49. The van der Waals surface area contributed by atoms with Crippen molar-refractivity contribution in [3.8, 4) is 0 Å². The molecular weight excluding hydrogens is 358 g/mol. The van der Waals surface area contributed by atoms with E-state index in [-0.39, 0.29) is 30.2 Å². The third kappa shape index (κ3) is 5.33. The van der Waals surface area contributed by atoms with Crippen LogP contribution in [0.15, 0.2) is 34.1 Å². The number of carbonyl (C=O) groups is 4. The molecule has 0 saturated carbocycles. The van der Waals surface area contributed by atoms with Crippen LogP contribution in [-0.2, 0) is 19.1 Å². The van der Waals surface area contributed by atoms with E-state index in [1.807, 2.05) is 0 Å². The highest BCUT2D eigenvalue weighted by atomic mass is 16.5. The summed E-state index contributed by atoms with van der Waals surface area (Å²) in [6, 6.07) is 1.94. The predicted octanol–water partition coefficient (Wildman–Crippen LogP) is 0.461. The molecule has 0 radical (unpaired) electrons. The van der Waals surface area contributed by atoms with Crippen molar-refractivity contribution in [1.82, 2.24) is 16.0 Å². The van der Waals surface area contributed by atoms with Crippen LogP contribution < -0.4 is 16.0 Å². The maximum absolute atomic E-state index is 12.2. The van der Waals surface area contributed by atoms with E-state index in [4.69, 9.17) is 13.9 Å². The third-order valence-electron chi connectivity index (χ3n) is 3.66. The van der Waals surface area contributed by atoms with Gasteiger partial charge in [0, 0.05) is 0 Å². The van der Waals surface area contributed by atoms with Crippen molar-refractivity contribution in [2.45, 2.75) is 26.3 Å². The second-order valence-electron chi connectivity index (χ2n) is 5.49. The Morgan fingerprint density at radius 1 is 1.26 bits per heavy atom. The minimum Gasteiger partial charge on any atom is -0.463 e. The van der Waals surface area contributed by atoms with E-state index in [0.29, 0.717) is 6.42 Å². The van der Waals surface area contributed by atoms with Gasteiger partial charge in [0.15, 0.2) is 5.76 Å². The minimum absolute atomic E-state index is 0.0616. The van der Waals surface area contributed by atoms with Gasteiger partial charge in [0.25, 0.3) is 5.91 Å². The van der Waals surface area contributed by atoms with Crippen LogP contribution in [0.25, 0.3) is 0 Å². The summed E-state index contributed by atoms with van der Waals surface area (Å²) in [7, 11) is 0. The van der Waals surface area contributed by atoms with E-state index >= 15 is 0 Å². The standard InChI is InChI=1S/C17H21N3O7/c1-3-10-14(16(23)25-4-2)11(20-17(24)19-10)9-27-13(21)8-18-15(22)12-6-5-7-26-12/h5-7,10H,3-4,8-9H2,1-2H3,(H,18,22)(H2,19,20,24)/t10-/m1/s1. The summed E-state index contributed by atoms with van der Waals surface area (Å²) in [5, 5.41) is 7.41. The summed E-state index contributed by atoms with van der Waals surface area (Å²) in [6.07, 6.45) is 1.79. The maximum Gasteiger partial charge on any atom is 0.338 e. The van der Waals surface area contributed by atoms with Gasteiger partial charge in [0.05, 0.1) is 30.2 Å². The van der Waals surface area contributed by atoms with Crippen molar-refractivity contribution in [2.75, 3.05) is 19.8 Å². The van der Waals surface area contributed by atoms with Gasteiger partial charge in [-0.2, -0.15) is 0 Å². The summed E-state index contributed by atoms with van der Waals surface area (Å²) in [4.78, 5) is 47.5. The molecule has 1 atom stereocenters. The lowest BCUT2D eigenvalue weighted by Gasteiger charge is -2.28. The molecule has 3 N–H and O–H groups in total.